The number of nitrogens with zero attached hydrogens (tertiary/aromatic N) is 2. The van der Waals surface area contributed by atoms with Gasteiger partial charge in [-0.3, -0.25) is 14.8 Å². The second-order valence-corrected chi connectivity index (χ2v) is 4.23. The minimum absolute atomic E-state index is 0.00220. The van der Waals surface area contributed by atoms with Gasteiger partial charge in [0.1, 0.15) is 12.3 Å². The highest BCUT2D eigenvalue weighted by Gasteiger charge is 2.20. The topological polar surface area (TPSA) is 128 Å². The average Bonchev–Trinajstić information content (AvgIpc) is 2.46. The summed E-state index contributed by atoms with van der Waals surface area (Å²) in [5.41, 5.74) is 10.8. The predicted molar refractivity (Wildman–Crippen MR) is 76.6 cm³/mol. The second-order valence-electron chi connectivity index (χ2n) is 4.23. The number of carbonyl (C=O) groups is 2. The summed E-state index contributed by atoms with van der Waals surface area (Å²) in [5.74, 6) is 5.31. The van der Waals surface area contributed by atoms with Gasteiger partial charge in [0.05, 0.1) is 0 Å². The van der Waals surface area contributed by atoms with Crippen LogP contribution < -0.4 is 17.3 Å². The van der Waals surface area contributed by atoms with Gasteiger partial charge in [0.15, 0.2) is 5.96 Å². The van der Waals surface area contributed by atoms with E-state index in [1.807, 2.05) is 0 Å². The molecule has 1 aromatic rings. The van der Waals surface area contributed by atoms with Gasteiger partial charge in [-0.05, 0) is 25.0 Å². The van der Waals surface area contributed by atoms with Crippen LogP contribution >= 0.6 is 0 Å². The summed E-state index contributed by atoms with van der Waals surface area (Å²) in [6.07, 6.45) is 1.60. The first-order valence-corrected chi connectivity index (χ1v) is 6.20. The maximum absolute atomic E-state index is 12.1. The Morgan fingerprint density at radius 3 is 2.50 bits per heavy atom. The van der Waals surface area contributed by atoms with Crippen LogP contribution in [-0.4, -0.2) is 35.7 Å². The quantitative estimate of drug-likeness (QED) is 0.0915. The SMILES string of the molecule is NC(N)=NCCC[C@@H]([13CH]=O)N(N)C(=O)c1ccccc1. The molecule has 0 spiro atoms. The van der Waals surface area contributed by atoms with Crippen molar-refractivity contribution in [2.75, 3.05) is 6.54 Å². The highest BCUT2D eigenvalue weighted by atomic mass is 16.2. The van der Waals surface area contributed by atoms with Crippen molar-refractivity contribution in [1.82, 2.24) is 5.01 Å². The second kappa shape index (κ2) is 7.90. The monoisotopic (exact) mass is 278 g/mol. The van der Waals surface area contributed by atoms with Gasteiger partial charge in [0.2, 0.25) is 0 Å². The van der Waals surface area contributed by atoms with E-state index in [4.69, 9.17) is 17.3 Å². The highest BCUT2D eigenvalue weighted by molar-refractivity contribution is 5.95. The molecular weight excluding hydrogens is 259 g/mol. The Morgan fingerprint density at radius 1 is 1.30 bits per heavy atom. The normalized spacial score (nSPS) is 11.4. The molecule has 0 aliphatic carbocycles. The number of nitrogens with two attached hydrogens (primary N) is 3. The van der Waals surface area contributed by atoms with Gasteiger partial charge in [-0.1, -0.05) is 18.2 Å². The van der Waals surface area contributed by atoms with Gasteiger partial charge in [-0.2, -0.15) is 0 Å². The van der Waals surface area contributed by atoms with E-state index in [1.54, 1.807) is 30.3 Å². The van der Waals surface area contributed by atoms with Crippen LogP contribution in [0.3, 0.4) is 0 Å². The molecule has 7 heteroatoms. The summed E-state index contributed by atoms with van der Waals surface area (Å²) in [5, 5.41) is 0.942. The molecule has 0 saturated carbocycles. The lowest BCUT2D eigenvalue weighted by molar-refractivity contribution is -0.112. The van der Waals surface area contributed by atoms with Crippen LogP contribution in [-0.2, 0) is 4.79 Å². The number of aliphatic imine (C=N–C) groups is 1. The molecule has 0 fully saturated rings. The highest BCUT2D eigenvalue weighted by Crippen LogP contribution is 2.07. The van der Waals surface area contributed by atoms with Crippen LogP contribution in [0, 0.1) is 0 Å². The van der Waals surface area contributed by atoms with Gasteiger partial charge in [-0.15, -0.1) is 0 Å². The standard InChI is InChI=1S/C13H19N5O2/c14-13(15)17-8-4-7-11(9-19)18(16)12(20)10-5-2-1-3-6-10/h1-3,5-6,9,11H,4,7-8,16H2,(H4,14,15,17)/t11-/m0/s1/i9+1. The fourth-order valence-corrected chi connectivity index (χ4v) is 1.66. The van der Waals surface area contributed by atoms with Gasteiger partial charge in [0, 0.05) is 12.1 Å². The third-order valence-electron chi connectivity index (χ3n) is 2.72. The van der Waals surface area contributed by atoms with Crippen molar-refractivity contribution in [3.05, 3.63) is 35.9 Å². The minimum atomic E-state index is -0.697. The predicted octanol–water partition coefficient (Wildman–Crippen LogP) is -0.376. The number of hydrogen-bond donors (Lipinski definition) is 3. The molecule has 6 N–H and O–H groups in total. The van der Waals surface area contributed by atoms with E-state index in [0.717, 1.165) is 5.01 Å². The maximum atomic E-state index is 12.1. The molecule has 0 aromatic heterocycles. The number of hydrazine groups is 1. The smallest absolute Gasteiger partial charge is 0.268 e. The molecule has 1 rings (SSSR count). The Hall–Kier alpha value is -2.41. The summed E-state index contributed by atoms with van der Waals surface area (Å²) in [6.45, 7) is 0.389. The molecule has 108 valence electrons. The molecule has 0 unspecified atom stereocenters. The number of carbonyl (C=O) groups excluding carboxylic acids is 2. The van der Waals surface area contributed by atoms with Crippen LogP contribution in [0.15, 0.2) is 35.3 Å². The Kier molecular flexibility index (Phi) is 6.18. The number of amides is 1. The van der Waals surface area contributed by atoms with Crippen molar-refractivity contribution < 1.29 is 9.59 Å². The largest absolute Gasteiger partial charge is 0.370 e. The van der Waals surface area contributed by atoms with Crippen LogP contribution in [0.2, 0.25) is 0 Å². The van der Waals surface area contributed by atoms with Crippen LogP contribution in [0.25, 0.3) is 0 Å². The number of aldehydes is 1. The first-order valence-electron chi connectivity index (χ1n) is 6.20. The molecular formula is C13H19N5O2. The lowest BCUT2D eigenvalue weighted by atomic mass is 10.1. The van der Waals surface area contributed by atoms with Crippen LogP contribution in [0.5, 0.6) is 0 Å². The molecule has 1 amide bonds. The van der Waals surface area contributed by atoms with Gasteiger partial charge in [-0.25, -0.2) is 5.84 Å². The van der Waals surface area contributed by atoms with Crippen molar-refractivity contribution in [3.8, 4) is 0 Å². The molecule has 0 saturated heterocycles. The zero-order valence-electron chi connectivity index (χ0n) is 11.1. The number of benzene rings is 1. The van der Waals surface area contributed by atoms with E-state index < -0.39 is 11.9 Å². The molecule has 7 nitrogen and oxygen atoms in total. The molecule has 0 aliphatic heterocycles. The van der Waals surface area contributed by atoms with E-state index in [-0.39, 0.29) is 5.96 Å². The Balaban J connectivity index is 2.58. The van der Waals surface area contributed by atoms with Gasteiger partial charge in [0.25, 0.3) is 5.91 Å². The van der Waals surface area contributed by atoms with Crippen molar-refractivity contribution >= 4 is 18.2 Å². The summed E-state index contributed by atoms with van der Waals surface area (Å²) < 4.78 is 0. The zero-order chi connectivity index (χ0) is 15.0. The fraction of sp³-hybridized carbons (Fsp3) is 0.308. The molecule has 1 aromatic carbocycles. The maximum Gasteiger partial charge on any atom is 0.268 e. The third-order valence-corrected chi connectivity index (χ3v) is 2.72. The van der Waals surface area contributed by atoms with Crippen molar-refractivity contribution in [2.24, 2.45) is 22.3 Å². The zero-order valence-corrected chi connectivity index (χ0v) is 11.1. The average molecular weight is 278 g/mol. The fourth-order valence-electron chi connectivity index (χ4n) is 1.66. The molecule has 0 radical (unpaired) electrons. The number of guanidine groups is 1. The van der Waals surface area contributed by atoms with E-state index in [2.05, 4.69) is 4.99 Å². The van der Waals surface area contributed by atoms with Crippen molar-refractivity contribution in [2.45, 2.75) is 18.9 Å². The van der Waals surface area contributed by atoms with E-state index >= 15 is 0 Å². The third kappa shape index (κ3) is 4.69. The van der Waals surface area contributed by atoms with Crippen molar-refractivity contribution in [1.29, 1.82) is 0 Å². The summed E-state index contributed by atoms with van der Waals surface area (Å²) in [4.78, 5) is 26.9. The van der Waals surface area contributed by atoms with Gasteiger partial charge < -0.3 is 16.3 Å². The first-order chi connectivity index (χ1) is 9.56. The van der Waals surface area contributed by atoms with E-state index in [9.17, 15) is 9.59 Å². The number of hydrogen-bond acceptors (Lipinski definition) is 4. The van der Waals surface area contributed by atoms with E-state index in [0.29, 0.717) is 31.2 Å². The lowest BCUT2D eigenvalue weighted by Crippen LogP contribution is -2.46. The Labute approximate surface area is 117 Å². The minimum Gasteiger partial charge on any atom is -0.370 e. The summed E-state index contributed by atoms with van der Waals surface area (Å²) in [7, 11) is 0. The Morgan fingerprint density at radius 2 is 1.95 bits per heavy atom. The van der Waals surface area contributed by atoms with E-state index in [1.165, 1.54) is 0 Å². The van der Waals surface area contributed by atoms with Crippen LogP contribution in [0.4, 0.5) is 0 Å². The summed E-state index contributed by atoms with van der Waals surface area (Å²) in [6, 6.07) is 7.85. The summed E-state index contributed by atoms with van der Waals surface area (Å²) >= 11 is 0. The lowest BCUT2D eigenvalue weighted by Gasteiger charge is -2.22. The van der Waals surface area contributed by atoms with Gasteiger partial charge >= 0.3 is 0 Å². The van der Waals surface area contributed by atoms with Crippen molar-refractivity contribution in [3.63, 3.8) is 0 Å². The molecule has 0 bridgehead atoms. The Bertz CT molecular complexity index is 471. The molecule has 20 heavy (non-hydrogen) atoms. The first kappa shape index (κ1) is 15.6. The number of rotatable bonds is 7. The molecule has 0 heterocycles. The van der Waals surface area contributed by atoms with Crippen LogP contribution in [0.1, 0.15) is 23.2 Å². The molecule has 0 aliphatic rings. The molecule has 1 atom stereocenters.